The molecule has 0 aliphatic heterocycles. The van der Waals surface area contributed by atoms with Crippen LogP contribution in [0, 0.1) is 0 Å². The van der Waals surface area contributed by atoms with E-state index in [0.717, 1.165) is 6.42 Å². The summed E-state index contributed by atoms with van der Waals surface area (Å²) in [5.74, 6) is 0.183. The van der Waals surface area contributed by atoms with Gasteiger partial charge in [-0.1, -0.05) is 6.92 Å². The van der Waals surface area contributed by atoms with Crippen molar-refractivity contribution in [1.29, 1.82) is 0 Å². The van der Waals surface area contributed by atoms with Crippen molar-refractivity contribution in [3.63, 3.8) is 0 Å². The maximum atomic E-state index is 11.0. The number of ketones is 1. The van der Waals surface area contributed by atoms with E-state index in [4.69, 9.17) is 4.74 Å². The summed E-state index contributed by atoms with van der Waals surface area (Å²) in [6.07, 6.45) is 1.87. The molecule has 0 unspecified atom stereocenters. The molecule has 0 saturated heterocycles. The van der Waals surface area contributed by atoms with Crippen LogP contribution >= 0.6 is 0 Å². The maximum Gasteiger partial charge on any atom is 0.220 e. The molecule has 0 fully saturated rings. The van der Waals surface area contributed by atoms with Crippen molar-refractivity contribution >= 4 is 11.7 Å². The van der Waals surface area contributed by atoms with Gasteiger partial charge in [0.1, 0.15) is 5.78 Å². The van der Waals surface area contributed by atoms with Crippen LogP contribution in [0.4, 0.5) is 0 Å². The second kappa shape index (κ2) is 8.69. The van der Waals surface area contributed by atoms with Crippen LogP contribution in [0.3, 0.4) is 0 Å². The van der Waals surface area contributed by atoms with Gasteiger partial charge in [0.05, 0.1) is 13.2 Å². The highest BCUT2D eigenvalue weighted by atomic mass is 16.5. The highest BCUT2D eigenvalue weighted by Gasteiger charge is 1.97. The number of carbonyl (C=O) groups is 2. The largest absolute Gasteiger partial charge is 0.379 e. The van der Waals surface area contributed by atoms with Gasteiger partial charge in [0.15, 0.2) is 0 Å². The summed E-state index contributed by atoms with van der Waals surface area (Å²) in [6.45, 7) is 4.94. The lowest BCUT2D eigenvalue weighted by molar-refractivity contribution is -0.122. The van der Waals surface area contributed by atoms with Gasteiger partial charge in [-0.25, -0.2) is 0 Å². The quantitative estimate of drug-likeness (QED) is 0.593. The molecule has 4 nitrogen and oxygen atoms in total. The van der Waals surface area contributed by atoms with Crippen LogP contribution in [0.2, 0.25) is 0 Å². The Balaban J connectivity index is 3.13. The lowest BCUT2D eigenvalue weighted by Crippen LogP contribution is -2.26. The molecule has 1 amide bonds. The van der Waals surface area contributed by atoms with Crippen molar-refractivity contribution in [2.24, 2.45) is 0 Å². The third-order valence-electron chi connectivity index (χ3n) is 1.64. The highest BCUT2D eigenvalue weighted by Crippen LogP contribution is 1.86. The van der Waals surface area contributed by atoms with Crippen LogP contribution in [0.5, 0.6) is 0 Å². The van der Waals surface area contributed by atoms with Gasteiger partial charge in [-0.3, -0.25) is 9.59 Å². The minimum absolute atomic E-state index is 0.0580. The molecule has 0 bridgehead atoms. The van der Waals surface area contributed by atoms with Crippen molar-refractivity contribution < 1.29 is 14.3 Å². The SMILES string of the molecule is CCCC(=O)NCCOCCC(C)=O. The number of hydrogen-bond donors (Lipinski definition) is 1. The van der Waals surface area contributed by atoms with E-state index >= 15 is 0 Å². The van der Waals surface area contributed by atoms with E-state index in [9.17, 15) is 9.59 Å². The lowest BCUT2D eigenvalue weighted by atomic mass is 10.3. The molecule has 0 aromatic carbocycles. The van der Waals surface area contributed by atoms with Crippen LogP contribution in [0.25, 0.3) is 0 Å². The Bertz CT molecular complexity index is 180. The van der Waals surface area contributed by atoms with E-state index in [0.29, 0.717) is 32.6 Å². The summed E-state index contributed by atoms with van der Waals surface area (Å²) in [7, 11) is 0. The summed E-state index contributed by atoms with van der Waals surface area (Å²) in [6, 6.07) is 0. The van der Waals surface area contributed by atoms with Gasteiger partial charge in [0, 0.05) is 19.4 Å². The number of amides is 1. The lowest BCUT2D eigenvalue weighted by Gasteiger charge is -2.04. The van der Waals surface area contributed by atoms with Gasteiger partial charge in [-0.2, -0.15) is 0 Å². The first-order valence-corrected chi connectivity index (χ1v) is 5.00. The van der Waals surface area contributed by atoms with Crippen molar-refractivity contribution in [1.82, 2.24) is 5.32 Å². The van der Waals surface area contributed by atoms with Crippen molar-refractivity contribution in [2.75, 3.05) is 19.8 Å². The molecule has 14 heavy (non-hydrogen) atoms. The van der Waals surface area contributed by atoms with Crippen LogP contribution in [-0.4, -0.2) is 31.4 Å². The predicted octanol–water partition coefficient (Wildman–Crippen LogP) is 0.898. The standard InChI is InChI=1S/C10H19NO3/c1-3-4-10(13)11-6-8-14-7-5-9(2)12/h3-8H2,1-2H3,(H,11,13). The van der Waals surface area contributed by atoms with Gasteiger partial charge in [0.25, 0.3) is 0 Å². The summed E-state index contributed by atoms with van der Waals surface area (Å²) in [5, 5.41) is 2.72. The molecule has 0 spiro atoms. The zero-order valence-electron chi connectivity index (χ0n) is 8.97. The summed E-state index contributed by atoms with van der Waals surface area (Å²) < 4.78 is 5.14. The fourth-order valence-corrected chi connectivity index (χ4v) is 0.896. The molecular formula is C10H19NO3. The Kier molecular flexibility index (Phi) is 8.13. The van der Waals surface area contributed by atoms with E-state index in [1.807, 2.05) is 6.92 Å². The third kappa shape index (κ3) is 9.19. The van der Waals surface area contributed by atoms with Crippen molar-refractivity contribution in [2.45, 2.75) is 33.1 Å². The van der Waals surface area contributed by atoms with E-state index in [-0.39, 0.29) is 11.7 Å². The molecule has 82 valence electrons. The summed E-state index contributed by atoms with van der Waals surface area (Å²) >= 11 is 0. The Morgan fingerprint density at radius 2 is 1.93 bits per heavy atom. The molecule has 0 aliphatic rings. The molecule has 0 heterocycles. The molecule has 0 rings (SSSR count). The minimum atomic E-state index is 0.0580. The first-order valence-electron chi connectivity index (χ1n) is 5.00. The highest BCUT2D eigenvalue weighted by molar-refractivity contribution is 5.75. The van der Waals surface area contributed by atoms with Crippen LogP contribution in [0.1, 0.15) is 33.1 Å². The second-order valence-corrected chi connectivity index (χ2v) is 3.16. The zero-order valence-corrected chi connectivity index (χ0v) is 8.97. The van der Waals surface area contributed by atoms with E-state index in [1.54, 1.807) is 0 Å². The Labute approximate surface area is 85.0 Å². The van der Waals surface area contributed by atoms with Crippen LogP contribution in [-0.2, 0) is 14.3 Å². The fourth-order valence-electron chi connectivity index (χ4n) is 0.896. The number of Topliss-reactive ketones (excluding diaryl/α,β-unsaturated/α-hetero) is 1. The topological polar surface area (TPSA) is 55.4 Å². The monoisotopic (exact) mass is 201 g/mol. The average Bonchev–Trinajstić information content (AvgIpc) is 2.11. The van der Waals surface area contributed by atoms with Crippen LogP contribution in [0.15, 0.2) is 0 Å². The maximum absolute atomic E-state index is 11.0. The molecule has 1 N–H and O–H groups in total. The zero-order chi connectivity index (χ0) is 10.8. The number of carbonyl (C=O) groups excluding carboxylic acids is 2. The van der Waals surface area contributed by atoms with Gasteiger partial charge >= 0.3 is 0 Å². The smallest absolute Gasteiger partial charge is 0.220 e. The number of ether oxygens (including phenoxy) is 1. The van der Waals surface area contributed by atoms with Gasteiger partial charge in [-0.15, -0.1) is 0 Å². The summed E-state index contributed by atoms with van der Waals surface area (Å²) in [4.78, 5) is 21.5. The predicted molar refractivity (Wildman–Crippen MR) is 54.0 cm³/mol. The number of rotatable bonds is 8. The Morgan fingerprint density at radius 3 is 2.50 bits per heavy atom. The Hall–Kier alpha value is -0.900. The third-order valence-corrected chi connectivity index (χ3v) is 1.64. The van der Waals surface area contributed by atoms with Crippen LogP contribution < -0.4 is 5.32 Å². The fraction of sp³-hybridized carbons (Fsp3) is 0.800. The van der Waals surface area contributed by atoms with Gasteiger partial charge in [0.2, 0.25) is 5.91 Å². The molecule has 0 aliphatic carbocycles. The van der Waals surface area contributed by atoms with Crippen molar-refractivity contribution in [3.8, 4) is 0 Å². The molecule has 0 aromatic rings. The summed E-state index contributed by atoms with van der Waals surface area (Å²) in [5.41, 5.74) is 0. The molecule has 4 heteroatoms. The van der Waals surface area contributed by atoms with E-state index in [2.05, 4.69) is 5.32 Å². The molecular weight excluding hydrogens is 182 g/mol. The minimum Gasteiger partial charge on any atom is -0.379 e. The first kappa shape index (κ1) is 13.1. The second-order valence-electron chi connectivity index (χ2n) is 3.16. The van der Waals surface area contributed by atoms with Gasteiger partial charge in [-0.05, 0) is 13.3 Å². The first-order chi connectivity index (χ1) is 6.66. The average molecular weight is 201 g/mol. The molecule has 0 saturated carbocycles. The number of nitrogens with one attached hydrogen (secondary N) is 1. The van der Waals surface area contributed by atoms with E-state index in [1.165, 1.54) is 6.92 Å². The van der Waals surface area contributed by atoms with Crippen molar-refractivity contribution in [3.05, 3.63) is 0 Å². The molecule has 0 radical (unpaired) electrons. The van der Waals surface area contributed by atoms with Gasteiger partial charge < -0.3 is 10.1 Å². The Morgan fingerprint density at radius 1 is 1.21 bits per heavy atom. The normalized spacial score (nSPS) is 9.86. The van der Waals surface area contributed by atoms with E-state index < -0.39 is 0 Å². The molecule has 0 atom stereocenters. The number of hydrogen-bond acceptors (Lipinski definition) is 3. The molecule has 0 aromatic heterocycles.